The number of carbonyl (C=O) groups is 2. The molecule has 130 valence electrons. The lowest BCUT2D eigenvalue weighted by molar-refractivity contribution is -0.318. The topological polar surface area (TPSA) is 71.1 Å². The standard InChI is InChI=1S/C11H14O3.C6H12O3/c1-11(2,3)14-13-10(12)9-7-5-4-6-8-9;1-5(7)8-9-6(2,3)4/h4-8H,1-3H3;1-4H3. The number of hydrogen-bond acceptors (Lipinski definition) is 6. The molecule has 0 fully saturated rings. The second kappa shape index (κ2) is 9.27. The first-order valence-electron chi connectivity index (χ1n) is 7.22. The summed E-state index contributed by atoms with van der Waals surface area (Å²) in [5.41, 5.74) is -0.410. The van der Waals surface area contributed by atoms with Crippen LogP contribution in [0.15, 0.2) is 30.3 Å². The molecule has 0 N–H and O–H groups in total. The monoisotopic (exact) mass is 326 g/mol. The van der Waals surface area contributed by atoms with Crippen molar-refractivity contribution in [1.29, 1.82) is 0 Å². The van der Waals surface area contributed by atoms with Gasteiger partial charge in [-0.05, 0) is 53.7 Å². The fraction of sp³-hybridized carbons (Fsp3) is 0.529. The maximum absolute atomic E-state index is 11.3. The smallest absolute Gasteiger partial charge is 0.298 e. The van der Waals surface area contributed by atoms with E-state index in [9.17, 15) is 9.59 Å². The molecule has 0 heterocycles. The molecule has 1 aromatic rings. The van der Waals surface area contributed by atoms with Crippen LogP contribution in [0.3, 0.4) is 0 Å². The van der Waals surface area contributed by atoms with Crippen molar-refractivity contribution >= 4 is 11.9 Å². The molecule has 0 radical (unpaired) electrons. The van der Waals surface area contributed by atoms with Crippen molar-refractivity contribution in [2.24, 2.45) is 0 Å². The van der Waals surface area contributed by atoms with Gasteiger partial charge in [0.2, 0.25) is 0 Å². The third-order valence-electron chi connectivity index (χ3n) is 1.79. The lowest BCUT2D eigenvalue weighted by Gasteiger charge is -2.16. The van der Waals surface area contributed by atoms with Crippen LogP contribution in [-0.2, 0) is 24.3 Å². The van der Waals surface area contributed by atoms with Gasteiger partial charge in [0.1, 0.15) is 11.2 Å². The van der Waals surface area contributed by atoms with Crippen molar-refractivity contribution in [3.8, 4) is 0 Å². The first-order valence-corrected chi connectivity index (χ1v) is 7.22. The van der Waals surface area contributed by atoms with E-state index in [0.717, 1.165) is 0 Å². The van der Waals surface area contributed by atoms with Crippen LogP contribution in [0.25, 0.3) is 0 Å². The molecule has 1 aromatic carbocycles. The van der Waals surface area contributed by atoms with Crippen LogP contribution in [0.1, 0.15) is 58.8 Å². The van der Waals surface area contributed by atoms with E-state index in [1.807, 2.05) is 26.8 Å². The molecular formula is C17H26O6. The zero-order valence-electron chi connectivity index (χ0n) is 14.8. The van der Waals surface area contributed by atoms with Gasteiger partial charge >= 0.3 is 11.9 Å². The highest BCUT2D eigenvalue weighted by Gasteiger charge is 2.16. The first kappa shape index (κ1) is 21.1. The highest BCUT2D eigenvalue weighted by atomic mass is 17.2. The average molecular weight is 326 g/mol. The van der Waals surface area contributed by atoms with Gasteiger partial charge in [-0.15, -0.1) is 0 Å². The van der Waals surface area contributed by atoms with Crippen molar-refractivity contribution in [3.05, 3.63) is 35.9 Å². The molecular weight excluding hydrogens is 300 g/mol. The van der Waals surface area contributed by atoms with Gasteiger partial charge in [0.15, 0.2) is 0 Å². The molecule has 1 rings (SSSR count). The summed E-state index contributed by atoms with van der Waals surface area (Å²) in [6, 6.07) is 8.73. The van der Waals surface area contributed by atoms with E-state index in [2.05, 4.69) is 14.7 Å². The number of hydrogen-bond donors (Lipinski definition) is 0. The van der Waals surface area contributed by atoms with E-state index >= 15 is 0 Å². The molecule has 0 aliphatic heterocycles. The van der Waals surface area contributed by atoms with Crippen molar-refractivity contribution in [1.82, 2.24) is 0 Å². The van der Waals surface area contributed by atoms with E-state index in [4.69, 9.17) is 4.89 Å². The summed E-state index contributed by atoms with van der Waals surface area (Å²) >= 11 is 0. The van der Waals surface area contributed by atoms with Crippen LogP contribution in [0.5, 0.6) is 0 Å². The normalized spacial score (nSPS) is 11.1. The molecule has 0 aliphatic rings. The Balaban J connectivity index is 0.000000468. The third kappa shape index (κ3) is 13.5. The summed E-state index contributed by atoms with van der Waals surface area (Å²) < 4.78 is 0. The minimum atomic E-state index is -0.482. The molecule has 0 bridgehead atoms. The van der Waals surface area contributed by atoms with Gasteiger partial charge in [0.05, 0.1) is 5.56 Å². The summed E-state index contributed by atoms with van der Waals surface area (Å²) in [6.07, 6.45) is 0. The van der Waals surface area contributed by atoms with E-state index in [0.29, 0.717) is 5.56 Å². The fourth-order valence-electron chi connectivity index (χ4n) is 0.969. The lowest BCUT2D eigenvalue weighted by atomic mass is 10.2. The minimum absolute atomic E-state index is 0.411. The van der Waals surface area contributed by atoms with Crippen molar-refractivity contribution < 1.29 is 29.1 Å². The maximum Gasteiger partial charge on any atom is 0.373 e. The molecule has 23 heavy (non-hydrogen) atoms. The highest BCUT2D eigenvalue weighted by Crippen LogP contribution is 2.09. The van der Waals surface area contributed by atoms with Gasteiger partial charge in [-0.1, -0.05) is 18.2 Å². The average Bonchev–Trinajstić information content (AvgIpc) is 2.43. The molecule has 0 saturated heterocycles. The van der Waals surface area contributed by atoms with E-state index < -0.39 is 23.1 Å². The summed E-state index contributed by atoms with van der Waals surface area (Å²) in [5.74, 6) is -0.898. The SMILES string of the molecule is CC(=O)OOC(C)(C)C.CC(C)(C)OOC(=O)c1ccccc1. The second-order valence-corrected chi connectivity index (χ2v) is 6.70. The van der Waals surface area contributed by atoms with Crippen LogP contribution < -0.4 is 0 Å². The second-order valence-electron chi connectivity index (χ2n) is 6.70. The predicted molar refractivity (Wildman–Crippen MR) is 85.3 cm³/mol. The predicted octanol–water partition coefficient (Wildman–Crippen LogP) is 3.85. The Labute approximate surface area is 137 Å². The Bertz CT molecular complexity index is 482. The summed E-state index contributed by atoms with van der Waals surface area (Å²) in [5, 5.41) is 0. The maximum atomic E-state index is 11.3. The van der Waals surface area contributed by atoms with E-state index in [1.54, 1.807) is 45.0 Å². The fourth-order valence-corrected chi connectivity index (χ4v) is 0.969. The van der Waals surface area contributed by atoms with Crippen LogP contribution in [0, 0.1) is 0 Å². The first-order chi connectivity index (χ1) is 10.4. The Morgan fingerprint density at radius 1 is 0.783 bits per heavy atom. The zero-order chi connectivity index (χ0) is 18.1. The van der Waals surface area contributed by atoms with Gasteiger partial charge in [-0.2, -0.15) is 9.78 Å². The quantitative estimate of drug-likeness (QED) is 0.620. The Hall–Kier alpha value is -1.92. The van der Waals surface area contributed by atoms with E-state index in [-0.39, 0.29) is 0 Å². The Morgan fingerprint density at radius 2 is 1.22 bits per heavy atom. The molecule has 6 nitrogen and oxygen atoms in total. The number of rotatable bonds is 3. The molecule has 0 amide bonds. The Morgan fingerprint density at radius 3 is 1.57 bits per heavy atom. The molecule has 0 unspecified atom stereocenters. The van der Waals surface area contributed by atoms with Gasteiger partial charge in [0.25, 0.3) is 0 Å². The number of benzene rings is 1. The van der Waals surface area contributed by atoms with Crippen molar-refractivity contribution in [2.45, 2.75) is 59.7 Å². The zero-order valence-corrected chi connectivity index (χ0v) is 14.8. The molecule has 0 saturated carbocycles. The van der Waals surface area contributed by atoms with Gasteiger partial charge in [-0.25, -0.2) is 9.59 Å². The van der Waals surface area contributed by atoms with Crippen LogP contribution in [0.2, 0.25) is 0 Å². The van der Waals surface area contributed by atoms with Gasteiger partial charge in [-0.3, -0.25) is 9.78 Å². The summed E-state index contributed by atoms with van der Waals surface area (Å²) in [6.45, 7) is 12.1. The largest absolute Gasteiger partial charge is 0.373 e. The summed E-state index contributed by atoms with van der Waals surface area (Å²) in [4.78, 5) is 39.9. The Kier molecular flexibility index (Phi) is 8.50. The third-order valence-corrected chi connectivity index (χ3v) is 1.79. The molecule has 0 spiro atoms. The van der Waals surface area contributed by atoms with Gasteiger partial charge in [0, 0.05) is 6.92 Å². The molecule has 0 aliphatic carbocycles. The van der Waals surface area contributed by atoms with Crippen molar-refractivity contribution in [2.75, 3.05) is 0 Å². The molecule has 0 atom stereocenters. The molecule has 0 aromatic heterocycles. The van der Waals surface area contributed by atoms with E-state index in [1.165, 1.54) is 6.92 Å². The molecule has 6 heteroatoms. The lowest BCUT2D eigenvalue weighted by Crippen LogP contribution is -2.21. The van der Waals surface area contributed by atoms with Gasteiger partial charge < -0.3 is 0 Å². The van der Waals surface area contributed by atoms with Crippen molar-refractivity contribution in [3.63, 3.8) is 0 Å². The summed E-state index contributed by atoms with van der Waals surface area (Å²) in [7, 11) is 0. The van der Waals surface area contributed by atoms with Crippen LogP contribution in [0.4, 0.5) is 0 Å². The number of carbonyl (C=O) groups excluding carboxylic acids is 2. The van der Waals surface area contributed by atoms with Crippen LogP contribution in [-0.4, -0.2) is 23.1 Å². The minimum Gasteiger partial charge on any atom is -0.298 e. The highest BCUT2D eigenvalue weighted by molar-refractivity contribution is 5.88. The van der Waals surface area contributed by atoms with Crippen LogP contribution >= 0.6 is 0 Å².